The molecule has 2 fully saturated rings. The number of fused-ring (bicyclic) bond motifs is 1. The molecule has 5 heteroatoms. The first-order valence-electron chi connectivity index (χ1n) is 6.32. The zero-order valence-electron chi connectivity index (χ0n) is 9.95. The van der Waals surface area contributed by atoms with Gasteiger partial charge in [0.2, 0.25) is 0 Å². The zero-order valence-corrected chi connectivity index (χ0v) is 9.95. The summed E-state index contributed by atoms with van der Waals surface area (Å²) in [6.45, 7) is 0. The van der Waals surface area contributed by atoms with Gasteiger partial charge in [0.1, 0.15) is 0 Å². The Bertz CT molecular complexity index is 352. The Morgan fingerprint density at radius 2 is 1.88 bits per heavy atom. The number of nitrogens with two attached hydrogens (primary N) is 1. The third-order valence-electron chi connectivity index (χ3n) is 3.91. The molecule has 2 aliphatic carbocycles. The molecule has 2 atom stereocenters. The molecule has 0 spiro atoms. The maximum absolute atomic E-state index is 11.0. The van der Waals surface area contributed by atoms with Crippen molar-refractivity contribution in [2.75, 3.05) is 0 Å². The molecular weight excluding hydrogens is 218 g/mol. The van der Waals surface area contributed by atoms with Crippen molar-refractivity contribution < 1.29 is 9.59 Å². The standard InChI is InChI=1S/C12H19N3O2/c13-11(16)12(17)15-14-10-6-5-8-3-1-2-4-9(8)7-10/h8-9H,1-7H2,(H2,13,16)(H,15,17)/b14-10-/t8-,9-/m0/s1. The van der Waals surface area contributed by atoms with Crippen LogP contribution in [-0.4, -0.2) is 17.5 Å². The van der Waals surface area contributed by atoms with Gasteiger partial charge in [0.25, 0.3) is 0 Å². The van der Waals surface area contributed by atoms with E-state index in [1.54, 1.807) is 0 Å². The molecule has 0 radical (unpaired) electrons. The minimum Gasteiger partial charge on any atom is -0.361 e. The molecule has 0 unspecified atom stereocenters. The van der Waals surface area contributed by atoms with Crippen LogP contribution >= 0.6 is 0 Å². The summed E-state index contributed by atoms with van der Waals surface area (Å²) in [6, 6.07) is 0. The number of amides is 2. The van der Waals surface area contributed by atoms with Crippen LogP contribution in [0.2, 0.25) is 0 Å². The number of hydrogen-bond donors (Lipinski definition) is 2. The third kappa shape index (κ3) is 3.05. The summed E-state index contributed by atoms with van der Waals surface area (Å²) >= 11 is 0. The van der Waals surface area contributed by atoms with Crippen molar-refractivity contribution >= 4 is 17.5 Å². The van der Waals surface area contributed by atoms with Crippen LogP contribution in [0.5, 0.6) is 0 Å². The number of primary amides is 1. The molecule has 2 saturated carbocycles. The van der Waals surface area contributed by atoms with Crippen molar-refractivity contribution in [2.45, 2.75) is 44.9 Å². The number of hydrazone groups is 1. The van der Waals surface area contributed by atoms with Crippen molar-refractivity contribution in [3.8, 4) is 0 Å². The molecule has 2 rings (SSSR count). The van der Waals surface area contributed by atoms with Crippen molar-refractivity contribution in [2.24, 2.45) is 22.7 Å². The number of rotatable bonds is 1. The lowest BCUT2D eigenvalue weighted by Gasteiger charge is -2.35. The molecule has 0 aromatic rings. The minimum absolute atomic E-state index is 0.724. The van der Waals surface area contributed by atoms with Gasteiger partial charge in [-0.05, 0) is 37.5 Å². The summed E-state index contributed by atoms with van der Waals surface area (Å²) in [6.07, 6.45) is 8.33. The van der Waals surface area contributed by atoms with E-state index in [9.17, 15) is 9.59 Å². The van der Waals surface area contributed by atoms with Crippen LogP contribution in [0.1, 0.15) is 44.9 Å². The van der Waals surface area contributed by atoms with Crippen LogP contribution in [0, 0.1) is 11.8 Å². The number of hydrogen-bond acceptors (Lipinski definition) is 3. The minimum atomic E-state index is -0.985. The van der Waals surface area contributed by atoms with Crippen LogP contribution in [-0.2, 0) is 9.59 Å². The van der Waals surface area contributed by atoms with E-state index < -0.39 is 11.8 Å². The van der Waals surface area contributed by atoms with E-state index in [1.807, 2.05) is 0 Å². The average molecular weight is 237 g/mol. The molecule has 5 nitrogen and oxygen atoms in total. The topological polar surface area (TPSA) is 84.5 Å². The molecule has 2 aliphatic rings. The zero-order chi connectivity index (χ0) is 12.3. The predicted molar refractivity (Wildman–Crippen MR) is 64.1 cm³/mol. The fourth-order valence-electron chi connectivity index (χ4n) is 2.98. The Morgan fingerprint density at radius 1 is 1.18 bits per heavy atom. The molecule has 0 aliphatic heterocycles. The summed E-state index contributed by atoms with van der Waals surface area (Å²) in [5, 5.41) is 4.01. The van der Waals surface area contributed by atoms with Gasteiger partial charge in [-0.3, -0.25) is 9.59 Å². The normalized spacial score (nSPS) is 30.7. The first-order chi connectivity index (χ1) is 8.16. The fraction of sp³-hybridized carbons (Fsp3) is 0.750. The van der Waals surface area contributed by atoms with Crippen LogP contribution in [0.4, 0.5) is 0 Å². The highest BCUT2D eigenvalue weighted by Crippen LogP contribution is 2.39. The van der Waals surface area contributed by atoms with Gasteiger partial charge >= 0.3 is 11.8 Å². The first-order valence-corrected chi connectivity index (χ1v) is 6.32. The molecule has 3 N–H and O–H groups in total. The Labute approximate surface area is 101 Å². The smallest absolute Gasteiger partial charge is 0.329 e. The monoisotopic (exact) mass is 237 g/mol. The second kappa shape index (κ2) is 5.29. The van der Waals surface area contributed by atoms with Gasteiger partial charge in [0.15, 0.2) is 0 Å². The quantitative estimate of drug-likeness (QED) is 0.525. The maximum atomic E-state index is 11.0. The summed E-state index contributed by atoms with van der Waals surface area (Å²) in [4.78, 5) is 21.5. The lowest BCUT2D eigenvalue weighted by atomic mass is 9.70. The molecule has 94 valence electrons. The van der Waals surface area contributed by atoms with E-state index in [4.69, 9.17) is 5.73 Å². The molecular formula is C12H19N3O2. The van der Waals surface area contributed by atoms with Crippen LogP contribution in [0.25, 0.3) is 0 Å². The lowest BCUT2D eigenvalue weighted by molar-refractivity contribution is -0.137. The van der Waals surface area contributed by atoms with Crippen molar-refractivity contribution in [3.63, 3.8) is 0 Å². The third-order valence-corrected chi connectivity index (χ3v) is 3.91. The highest BCUT2D eigenvalue weighted by Gasteiger charge is 2.30. The van der Waals surface area contributed by atoms with Gasteiger partial charge < -0.3 is 5.73 Å². The van der Waals surface area contributed by atoms with Crippen molar-refractivity contribution in [3.05, 3.63) is 0 Å². The average Bonchev–Trinajstić information content (AvgIpc) is 2.35. The Balaban J connectivity index is 1.88. The van der Waals surface area contributed by atoms with E-state index in [0.717, 1.165) is 36.8 Å². The van der Waals surface area contributed by atoms with Gasteiger partial charge in [-0.25, -0.2) is 5.43 Å². The van der Waals surface area contributed by atoms with E-state index in [2.05, 4.69) is 10.5 Å². The van der Waals surface area contributed by atoms with Crippen molar-refractivity contribution in [1.29, 1.82) is 0 Å². The summed E-state index contributed by atoms with van der Waals surface area (Å²) < 4.78 is 0. The highest BCUT2D eigenvalue weighted by molar-refractivity contribution is 6.34. The summed E-state index contributed by atoms with van der Waals surface area (Å²) in [7, 11) is 0. The molecule has 0 heterocycles. The lowest BCUT2D eigenvalue weighted by Crippen LogP contribution is -2.35. The highest BCUT2D eigenvalue weighted by atomic mass is 16.2. The van der Waals surface area contributed by atoms with Gasteiger partial charge in [-0.15, -0.1) is 0 Å². The maximum Gasteiger partial charge on any atom is 0.329 e. The Morgan fingerprint density at radius 3 is 2.59 bits per heavy atom. The van der Waals surface area contributed by atoms with Gasteiger partial charge in [0.05, 0.1) is 0 Å². The molecule has 2 amide bonds. The second-order valence-corrected chi connectivity index (χ2v) is 5.03. The first kappa shape index (κ1) is 12.1. The number of carbonyl (C=O) groups is 2. The Hall–Kier alpha value is -1.39. The predicted octanol–water partition coefficient (Wildman–Crippen LogP) is 0.934. The number of nitrogens with one attached hydrogen (secondary N) is 1. The molecule has 0 saturated heterocycles. The molecule has 0 bridgehead atoms. The largest absolute Gasteiger partial charge is 0.361 e. The van der Waals surface area contributed by atoms with E-state index in [1.165, 1.54) is 25.7 Å². The molecule has 0 aromatic carbocycles. The molecule has 0 aromatic heterocycles. The van der Waals surface area contributed by atoms with E-state index >= 15 is 0 Å². The van der Waals surface area contributed by atoms with Gasteiger partial charge in [0, 0.05) is 5.71 Å². The number of nitrogens with zero attached hydrogens (tertiary/aromatic N) is 1. The summed E-state index contributed by atoms with van der Waals surface area (Å²) in [5.41, 5.74) is 8.06. The number of carbonyl (C=O) groups excluding carboxylic acids is 2. The summed E-state index contributed by atoms with van der Waals surface area (Å²) in [5.74, 6) is -0.250. The van der Waals surface area contributed by atoms with Crippen LogP contribution in [0.15, 0.2) is 5.10 Å². The van der Waals surface area contributed by atoms with Crippen LogP contribution < -0.4 is 11.2 Å². The van der Waals surface area contributed by atoms with E-state index in [0.29, 0.717) is 0 Å². The second-order valence-electron chi connectivity index (χ2n) is 5.03. The van der Waals surface area contributed by atoms with E-state index in [-0.39, 0.29) is 0 Å². The van der Waals surface area contributed by atoms with Gasteiger partial charge in [-0.1, -0.05) is 19.3 Å². The Kier molecular flexibility index (Phi) is 3.76. The molecule has 17 heavy (non-hydrogen) atoms. The fourth-order valence-corrected chi connectivity index (χ4v) is 2.98. The SMILES string of the molecule is NC(=O)C(=O)N/N=C1/CC[C@@H]2CCCC[C@H]2C1. The van der Waals surface area contributed by atoms with Crippen LogP contribution in [0.3, 0.4) is 0 Å². The van der Waals surface area contributed by atoms with Gasteiger partial charge in [-0.2, -0.15) is 5.10 Å². The van der Waals surface area contributed by atoms with Crippen molar-refractivity contribution in [1.82, 2.24) is 5.43 Å².